The maximum Gasteiger partial charge on any atom is 0.258 e. The summed E-state index contributed by atoms with van der Waals surface area (Å²) in [6.07, 6.45) is 1.06. The molecule has 1 amide bonds. The van der Waals surface area contributed by atoms with E-state index >= 15 is 0 Å². The zero-order valence-corrected chi connectivity index (χ0v) is 12.6. The molecular formula is C16H14N4OS. The number of nitrogens with zero attached hydrogens (tertiary/aromatic N) is 3. The van der Waals surface area contributed by atoms with Gasteiger partial charge in [-0.15, -0.1) is 10.2 Å². The first kappa shape index (κ1) is 13.3. The van der Waals surface area contributed by atoms with E-state index in [0.717, 1.165) is 34.6 Å². The van der Waals surface area contributed by atoms with Gasteiger partial charge in [0.2, 0.25) is 5.95 Å². The van der Waals surface area contributed by atoms with Crippen LogP contribution in [0.1, 0.15) is 16.8 Å². The van der Waals surface area contributed by atoms with Crippen LogP contribution in [0.2, 0.25) is 0 Å². The van der Waals surface area contributed by atoms with Gasteiger partial charge in [0.1, 0.15) is 0 Å². The fourth-order valence-corrected chi connectivity index (χ4v) is 3.47. The van der Waals surface area contributed by atoms with Crippen molar-refractivity contribution in [2.24, 2.45) is 0 Å². The molecular weight excluding hydrogens is 296 g/mol. The minimum absolute atomic E-state index is 0.156. The van der Waals surface area contributed by atoms with Crippen molar-refractivity contribution in [2.75, 3.05) is 11.1 Å². The lowest BCUT2D eigenvalue weighted by atomic mass is 10.1. The maximum absolute atomic E-state index is 12.4. The molecule has 0 saturated heterocycles. The number of hydrogen-bond acceptors (Lipinski definition) is 4. The smallest absolute Gasteiger partial charge is 0.258 e. The monoisotopic (exact) mass is 310 g/mol. The van der Waals surface area contributed by atoms with Crippen molar-refractivity contribution in [3.63, 3.8) is 0 Å². The molecule has 0 aliphatic carbocycles. The minimum Gasteiger partial charge on any atom is -0.290 e. The number of benzene rings is 2. The summed E-state index contributed by atoms with van der Waals surface area (Å²) in [5.74, 6) is 1.42. The Bertz CT molecular complexity index is 858. The normalized spacial score (nSPS) is 13.8. The molecule has 2 aromatic carbocycles. The van der Waals surface area contributed by atoms with E-state index in [1.807, 2.05) is 47.0 Å². The van der Waals surface area contributed by atoms with Gasteiger partial charge in [-0.1, -0.05) is 42.1 Å². The highest BCUT2D eigenvalue weighted by atomic mass is 32.2. The van der Waals surface area contributed by atoms with Crippen molar-refractivity contribution < 1.29 is 4.79 Å². The average molecular weight is 310 g/mol. The van der Waals surface area contributed by atoms with Gasteiger partial charge in [-0.2, -0.15) is 0 Å². The Kier molecular flexibility index (Phi) is 3.31. The fourth-order valence-electron chi connectivity index (χ4n) is 2.58. The van der Waals surface area contributed by atoms with Gasteiger partial charge < -0.3 is 0 Å². The Morgan fingerprint density at radius 3 is 2.91 bits per heavy atom. The van der Waals surface area contributed by atoms with Crippen molar-refractivity contribution >= 4 is 34.4 Å². The summed E-state index contributed by atoms with van der Waals surface area (Å²) in [6, 6.07) is 13.7. The molecule has 6 heteroatoms. The molecule has 1 N–H and O–H groups in total. The molecule has 0 spiro atoms. The second-order valence-electron chi connectivity index (χ2n) is 5.18. The summed E-state index contributed by atoms with van der Waals surface area (Å²) >= 11 is 1.67. The number of fused-ring (bicyclic) bond motifs is 2. The van der Waals surface area contributed by atoms with Crippen molar-refractivity contribution in [3.8, 4) is 0 Å². The number of nitrogens with one attached hydrogen (secondary N) is 1. The van der Waals surface area contributed by atoms with Crippen molar-refractivity contribution in [1.29, 1.82) is 0 Å². The first-order chi connectivity index (χ1) is 10.8. The lowest BCUT2D eigenvalue weighted by molar-refractivity contribution is 0.102. The van der Waals surface area contributed by atoms with Crippen LogP contribution in [-0.4, -0.2) is 26.4 Å². The highest BCUT2D eigenvalue weighted by Crippen LogP contribution is 2.25. The quantitative estimate of drug-likeness (QED) is 0.790. The first-order valence-electron chi connectivity index (χ1n) is 7.17. The Morgan fingerprint density at radius 1 is 1.14 bits per heavy atom. The van der Waals surface area contributed by atoms with E-state index in [4.69, 9.17) is 0 Å². The largest absolute Gasteiger partial charge is 0.290 e. The van der Waals surface area contributed by atoms with E-state index in [2.05, 4.69) is 15.5 Å². The second-order valence-corrected chi connectivity index (χ2v) is 6.24. The molecule has 0 atom stereocenters. The molecule has 22 heavy (non-hydrogen) atoms. The number of thioether (sulfide) groups is 1. The third-order valence-corrected chi connectivity index (χ3v) is 4.76. The predicted octanol–water partition coefficient (Wildman–Crippen LogP) is 3.18. The van der Waals surface area contributed by atoms with Crippen molar-refractivity contribution in [3.05, 3.63) is 48.0 Å². The summed E-state index contributed by atoms with van der Waals surface area (Å²) in [4.78, 5) is 12.4. The van der Waals surface area contributed by atoms with Gasteiger partial charge >= 0.3 is 0 Å². The van der Waals surface area contributed by atoms with Gasteiger partial charge in [-0.3, -0.25) is 14.7 Å². The summed E-state index contributed by atoms with van der Waals surface area (Å²) in [6.45, 7) is 0.850. The highest BCUT2D eigenvalue weighted by Gasteiger charge is 2.18. The van der Waals surface area contributed by atoms with Gasteiger partial charge in [0.25, 0.3) is 5.91 Å². The van der Waals surface area contributed by atoms with Gasteiger partial charge in [-0.05, 0) is 29.3 Å². The van der Waals surface area contributed by atoms with Gasteiger partial charge in [-0.25, -0.2) is 0 Å². The first-order valence-corrected chi connectivity index (χ1v) is 8.16. The molecule has 3 aromatic rings. The number of rotatable bonds is 2. The number of amides is 1. The number of anilines is 1. The van der Waals surface area contributed by atoms with Crippen LogP contribution in [0.5, 0.6) is 0 Å². The zero-order valence-electron chi connectivity index (χ0n) is 11.8. The second kappa shape index (κ2) is 5.46. The minimum atomic E-state index is -0.156. The number of carbonyl (C=O) groups excluding carboxylic acids is 1. The molecule has 4 rings (SSSR count). The molecule has 1 aromatic heterocycles. The molecule has 0 unspecified atom stereocenters. The van der Waals surface area contributed by atoms with Crippen molar-refractivity contribution in [1.82, 2.24) is 14.8 Å². The standard InChI is InChI=1S/C16H14N4OS/c21-14(13-7-6-11-4-1-2-5-12(11)10-13)17-15-18-19-16-20(15)8-3-9-22-16/h1-2,4-7,10H,3,8-9H2,(H,17,18,21). The summed E-state index contributed by atoms with van der Waals surface area (Å²) < 4.78 is 1.97. The lowest BCUT2D eigenvalue weighted by Gasteiger charge is -2.14. The maximum atomic E-state index is 12.4. The van der Waals surface area contributed by atoms with E-state index in [1.165, 1.54) is 0 Å². The van der Waals surface area contributed by atoms with Gasteiger partial charge in [0.05, 0.1) is 0 Å². The van der Waals surface area contributed by atoms with E-state index in [9.17, 15) is 4.79 Å². The van der Waals surface area contributed by atoms with Crippen molar-refractivity contribution in [2.45, 2.75) is 18.1 Å². The topological polar surface area (TPSA) is 59.8 Å². The van der Waals surface area contributed by atoms with Crippen LogP contribution >= 0.6 is 11.8 Å². The molecule has 110 valence electrons. The SMILES string of the molecule is O=C(Nc1nnc2n1CCCS2)c1ccc2ccccc2c1. The fraction of sp³-hybridized carbons (Fsp3) is 0.188. The Morgan fingerprint density at radius 2 is 2.00 bits per heavy atom. The summed E-state index contributed by atoms with van der Waals surface area (Å²) in [5, 5.41) is 14.1. The molecule has 0 radical (unpaired) electrons. The van der Waals surface area contributed by atoms with Crippen LogP contribution in [0.25, 0.3) is 10.8 Å². The van der Waals surface area contributed by atoms with Gasteiger partial charge in [0.15, 0.2) is 5.16 Å². The van der Waals surface area contributed by atoms with Crippen LogP contribution in [0.3, 0.4) is 0 Å². The molecule has 5 nitrogen and oxygen atoms in total. The molecule has 2 heterocycles. The number of hydrogen-bond donors (Lipinski definition) is 1. The Labute approximate surface area is 131 Å². The van der Waals surface area contributed by atoms with Crippen LogP contribution in [0.4, 0.5) is 5.95 Å². The highest BCUT2D eigenvalue weighted by molar-refractivity contribution is 7.99. The third-order valence-electron chi connectivity index (χ3n) is 3.71. The predicted molar refractivity (Wildman–Crippen MR) is 87.3 cm³/mol. The Balaban J connectivity index is 1.62. The van der Waals surface area contributed by atoms with Crippen LogP contribution in [0.15, 0.2) is 47.6 Å². The number of aromatic nitrogens is 3. The number of carbonyl (C=O) groups is 1. The molecule has 0 saturated carbocycles. The Hall–Kier alpha value is -2.34. The third kappa shape index (κ3) is 2.35. The van der Waals surface area contributed by atoms with E-state index in [-0.39, 0.29) is 5.91 Å². The van der Waals surface area contributed by atoms with Crippen LogP contribution < -0.4 is 5.32 Å². The summed E-state index contributed by atoms with van der Waals surface area (Å²) in [7, 11) is 0. The van der Waals surface area contributed by atoms with E-state index < -0.39 is 0 Å². The van der Waals surface area contributed by atoms with E-state index in [0.29, 0.717) is 11.5 Å². The molecule has 1 aliphatic heterocycles. The van der Waals surface area contributed by atoms with Crippen LogP contribution in [-0.2, 0) is 6.54 Å². The molecule has 0 fully saturated rings. The summed E-state index contributed by atoms with van der Waals surface area (Å²) in [5.41, 5.74) is 0.625. The average Bonchev–Trinajstić information content (AvgIpc) is 2.97. The zero-order chi connectivity index (χ0) is 14.9. The molecule has 0 bridgehead atoms. The van der Waals surface area contributed by atoms with Gasteiger partial charge in [0, 0.05) is 17.9 Å². The van der Waals surface area contributed by atoms with E-state index in [1.54, 1.807) is 11.8 Å². The van der Waals surface area contributed by atoms with Crippen LogP contribution in [0, 0.1) is 0 Å². The lowest BCUT2D eigenvalue weighted by Crippen LogP contribution is -2.17. The molecule has 1 aliphatic rings.